The van der Waals surface area contributed by atoms with Crippen LogP contribution in [-0.2, 0) is 4.57 Å². The van der Waals surface area contributed by atoms with E-state index in [9.17, 15) is 4.57 Å². The Hall–Kier alpha value is -1.03. The van der Waals surface area contributed by atoms with Gasteiger partial charge in [-0.15, -0.1) is 6.58 Å². The second-order valence-corrected chi connectivity index (χ2v) is 9.24. The zero-order valence-electron chi connectivity index (χ0n) is 12.0. The van der Waals surface area contributed by atoms with Crippen LogP contribution < -0.4 is 5.50 Å². The maximum Gasteiger partial charge on any atom is 0.291 e. The largest absolute Gasteiger partial charge is 0.291 e. The van der Waals surface area contributed by atoms with Crippen LogP contribution in [0.5, 0.6) is 0 Å². The molecule has 0 aliphatic carbocycles. The molecule has 0 radical (unpaired) electrons. The number of nitrogens with zero attached hydrogens (tertiary/aromatic N) is 2. The van der Waals surface area contributed by atoms with E-state index in [-0.39, 0.29) is 5.25 Å². The van der Waals surface area contributed by atoms with Gasteiger partial charge >= 0.3 is 0 Å². The molecule has 0 aromatic heterocycles. The van der Waals surface area contributed by atoms with Crippen molar-refractivity contribution in [1.82, 2.24) is 4.67 Å². The van der Waals surface area contributed by atoms with Crippen molar-refractivity contribution in [2.75, 3.05) is 6.54 Å². The van der Waals surface area contributed by atoms with Crippen molar-refractivity contribution in [2.24, 2.45) is 10.5 Å². The van der Waals surface area contributed by atoms with E-state index in [1.807, 2.05) is 44.2 Å². The zero-order chi connectivity index (χ0) is 15.0. The van der Waals surface area contributed by atoms with Gasteiger partial charge in [0.2, 0.25) is 0 Å². The van der Waals surface area contributed by atoms with E-state index in [1.54, 1.807) is 17.1 Å². The average Bonchev–Trinajstić information content (AvgIpc) is 2.43. The molecule has 1 aromatic carbocycles. The summed E-state index contributed by atoms with van der Waals surface area (Å²) in [7, 11) is 0. The third kappa shape index (κ3) is 5.53. The Labute approximate surface area is 125 Å². The van der Waals surface area contributed by atoms with Crippen molar-refractivity contribution in [2.45, 2.75) is 25.5 Å². The highest BCUT2D eigenvalue weighted by molar-refractivity contribution is 8.57. The fourth-order valence-electron chi connectivity index (χ4n) is 1.41. The topological polar surface area (TPSA) is 58.7 Å². The van der Waals surface area contributed by atoms with Gasteiger partial charge in [0.25, 0.3) is 6.65 Å². The summed E-state index contributed by atoms with van der Waals surface area (Å²) in [5.41, 5.74) is 6.79. The van der Waals surface area contributed by atoms with Gasteiger partial charge in [0.1, 0.15) is 0 Å². The minimum absolute atomic E-state index is 0.239. The second kappa shape index (κ2) is 8.30. The summed E-state index contributed by atoms with van der Waals surface area (Å²) in [4.78, 5) is 4.31. The number of hydrogen-bond donors (Lipinski definition) is 1. The van der Waals surface area contributed by atoms with Crippen LogP contribution in [0.1, 0.15) is 20.3 Å². The molecular formula is C14H22N3OPS. The van der Waals surface area contributed by atoms with Crippen LogP contribution in [0, 0.1) is 0 Å². The predicted octanol–water partition coefficient (Wildman–Crippen LogP) is 4.43. The molecule has 20 heavy (non-hydrogen) atoms. The summed E-state index contributed by atoms with van der Waals surface area (Å²) in [6.45, 7) is 5.16. The monoisotopic (exact) mass is 311 g/mol. The molecule has 2 unspecified atom stereocenters. The van der Waals surface area contributed by atoms with Crippen LogP contribution in [-0.4, -0.2) is 22.8 Å². The van der Waals surface area contributed by atoms with Crippen LogP contribution in [0.25, 0.3) is 0 Å². The number of rotatable bonds is 8. The molecule has 0 amide bonds. The van der Waals surface area contributed by atoms with E-state index in [0.29, 0.717) is 6.54 Å². The maximum absolute atomic E-state index is 12.6. The molecule has 2 N–H and O–H groups in total. The molecule has 0 spiro atoms. The van der Waals surface area contributed by atoms with E-state index in [4.69, 9.17) is 5.50 Å². The Morgan fingerprint density at radius 1 is 1.50 bits per heavy atom. The summed E-state index contributed by atoms with van der Waals surface area (Å²) in [6, 6.07) is 9.49. The van der Waals surface area contributed by atoms with Gasteiger partial charge in [0.05, 0.1) is 12.0 Å². The summed E-state index contributed by atoms with van der Waals surface area (Å²) in [6.07, 6.45) is 4.14. The van der Waals surface area contributed by atoms with E-state index < -0.39 is 6.65 Å². The molecule has 0 saturated heterocycles. The van der Waals surface area contributed by atoms with Gasteiger partial charge in [-0.2, -0.15) is 0 Å². The molecule has 6 heteroatoms. The Balaban J connectivity index is 2.85. The average molecular weight is 311 g/mol. The zero-order valence-corrected chi connectivity index (χ0v) is 13.7. The van der Waals surface area contributed by atoms with Gasteiger partial charge in [0, 0.05) is 11.8 Å². The van der Waals surface area contributed by atoms with Gasteiger partial charge in [-0.25, -0.2) is 4.99 Å². The number of nitrogens with two attached hydrogens (primary N) is 1. The van der Waals surface area contributed by atoms with Crippen molar-refractivity contribution in [3.05, 3.63) is 43.0 Å². The first-order valence-electron chi connectivity index (χ1n) is 6.54. The smallest absolute Gasteiger partial charge is 0.290 e. The van der Waals surface area contributed by atoms with Crippen molar-refractivity contribution in [3.63, 3.8) is 0 Å². The van der Waals surface area contributed by atoms with Crippen LogP contribution >= 0.6 is 18.0 Å². The second-order valence-electron chi connectivity index (χ2n) is 4.38. The molecule has 1 rings (SSSR count). The Kier molecular flexibility index (Phi) is 7.06. The molecule has 0 aliphatic heterocycles. The number of para-hydroxylation sites is 1. The van der Waals surface area contributed by atoms with Crippen molar-refractivity contribution in [3.8, 4) is 0 Å². The number of benzene rings is 1. The van der Waals surface area contributed by atoms with Gasteiger partial charge < -0.3 is 0 Å². The molecule has 110 valence electrons. The summed E-state index contributed by atoms with van der Waals surface area (Å²) in [5.74, 6) is 0. The van der Waals surface area contributed by atoms with Gasteiger partial charge in [-0.05, 0) is 18.6 Å². The van der Waals surface area contributed by atoms with Crippen LogP contribution in [0.2, 0.25) is 0 Å². The fraction of sp³-hybridized carbons (Fsp3) is 0.357. The lowest BCUT2D eigenvalue weighted by Gasteiger charge is -2.26. The highest BCUT2D eigenvalue weighted by Crippen LogP contribution is 2.56. The third-order valence-electron chi connectivity index (χ3n) is 2.68. The first-order chi connectivity index (χ1) is 9.49. The van der Waals surface area contributed by atoms with E-state index in [2.05, 4.69) is 11.6 Å². The molecular weight excluding hydrogens is 289 g/mol. The Morgan fingerprint density at radius 3 is 2.70 bits per heavy atom. The summed E-state index contributed by atoms with van der Waals surface area (Å²) >= 11 is 1.31. The Morgan fingerprint density at radius 2 is 2.15 bits per heavy atom. The lowest BCUT2D eigenvalue weighted by atomic mass is 10.3. The molecule has 0 fully saturated rings. The van der Waals surface area contributed by atoms with E-state index >= 15 is 0 Å². The van der Waals surface area contributed by atoms with E-state index in [0.717, 1.165) is 12.1 Å². The van der Waals surface area contributed by atoms with Crippen molar-refractivity contribution >= 4 is 30.1 Å². The lowest BCUT2D eigenvalue weighted by Crippen LogP contribution is -2.22. The van der Waals surface area contributed by atoms with Gasteiger partial charge in [-0.1, -0.05) is 49.5 Å². The van der Waals surface area contributed by atoms with Gasteiger partial charge in [0.15, 0.2) is 0 Å². The van der Waals surface area contributed by atoms with Crippen LogP contribution in [0.4, 0.5) is 5.69 Å². The molecule has 0 bridgehead atoms. The summed E-state index contributed by atoms with van der Waals surface area (Å²) in [5, 5.41) is 0.239. The molecule has 2 atom stereocenters. The fourth-order valence-corrected chi connectivity index (χ4v) is 5.41. The highest BCUT2D eigenvalue weighted by atomic mass is 32.7. The maximum atomic E-state index is 12.6. The van der Waals surface area contributed by atoms with E-state index in [1.165, 1.54) is 11.4 Å². The Bertz CT molecular complexity index is 492. The van der Waals surface area contributed by atoms with Crippen molar-refractivity contribution in [1.29, 1.82) is 0 Å². The number of hydrogen-bond acceptors (Lipinski definition) is 3. The molecule has 0 aliphatic rings. The predicted molar refractivity (Wildman–Crippen MR) is 90.6 cm³/mol. The normalized spacial score (nSPS) is 15.8. The SMILES string of the molecule is C=CCN(C=Nc1ccccc1)P(N)(=O)SC(C)CC. The number of aliphatic imine (C=N–C) groups is 1. The lowest BCUT2D eigenvalue weighted by molar-refractivity contribution is 0.550. The van der Waals surface area contributed by atoms with Crippen LogP contribution in [0.3, 0.4) is 0 Å². The van der Waals surface area contributed by atoms with Crippen molar-refractivity contribution < 1.29 is 4.57 Å². The molecule has 0 saturated carbocycles. The molecule has 0 heterocycles. The first-order valence-corrected chi connectivity index (χ1v) is 9.75. The van der Waals surface area contributed by atoms with Gasteiger partial charge in [-0.3, -0.25) is 14.7 Å². The standard InChI is InChI=1S/C14H22N3OPS/c1-4-11-17(19(15,18)20-13(3)5-2)12-16-14-9-7-6-8-10-14/h4,6-10,12-13H,1,5,11H2,2-3H3,(H2,15,18). The highest BCUT2D eigenvalue weighted by Gasteiger charge is 2.26. The quantitative estimate of drug-likeness (QED) is 0.334. The minimum atomic E-state index is -3.00. The first kappa shape index (κ1) is 17.0. The third-order valence-corrected chi connectivity index (χ3v) is 7.27. The molecule has 1 aromatic rings. The minimum Gasteiger partial charge on any atom is -0.290 e. The summed E-state index contributed by atoms with van der Waals surface area (Å²) < 4.78 is 14.2. The van der Waals surface area contributed by atoms with Crippen LogP contribution in [0.15, 0.2) is 48.0 Å². The molecule has 4 nitrogen and oxygen atoms in total.